The smallest absolute Gasteiger partial charge is 0.244 e. The Bertz CT molecular complexity index is 573. The number of likely N-dealkylation sites (N-methyl/N-ethyl adjacent to an activating group) is 1. The van der Waals surface area contributed by atoms with Gasteiger partial charge in [0, 0.05) is 19.6 Å². The zero-order valence-corrected chi connectivity index (χ0v) is 13.2. The molecule has 1 aromatic heterocycles. The summed E-state index contributed by atoms with van der Waals surface area (Å²) in [6, 6.07) is 7.89. The lowest BCUT2D eigenvalue weighted by molar-refractivity contribution is 0.414. The number of hydrogen-bond acceptors (Lipinski definition) is 7. The maximum absolute atomic E-state index is 5.14. The van der Waals surface area contributed by atoms with Gasteiger partial charge < -0.3 is 20.3 Å². The fourth-order valence-electron chi connectivity index (χ4n) is 1.79. The topological polar surface area (TPSA) is 75.2 Å². The number of methoxy groups -OCH3 is 1. The van der Waals surface area contributed by atoms with E-state index >= 15 is 0 Å². The van der Waals surface area contributed by atoms with E-state index in [2.05, 4.69) is 30.7 Å². The minimum absolute atomic E-state index is 0.529. The normalized spacial score (nSPS) is 10.5. The van der Waals surface area contributed by atoms with Gasteiger partial charge in [0.25, 0.3) is 0 Å². The summed E-state index contributed by atoms with van der Waals surface area (Å²) >= 11 is 0. The van der Waals surface area contributed by atoms with E-state index in [9.17, 15) is 0 Å². The van der Waals surface area contributed by atoms with Crippen molar-refractivity contribution in [3.05, 3.63) is 36.0 Å². The highest BCUT2D eigenvalue weighted by molar-refractivity contribution is 5.38. The molecule has 0 saturated heterocycles. The van der Waals surface area contributed by atoms with Crippen LogP contribution in [-0.4, -0.2) is 54.4 Å². The Kier molecular flexibility index (Phi) is 5.91. The van der Waals surface area contributed by atoms with Gasteiger partial charge in [-0.3, -0.25) is 0 Å². The van der Waals surface area contributed by atoms with E-state index in [0.717, 1.165) is 24.4 Å². The van der Waals surface area contributed by atoms with Crippen LogP contribution in [0.1, 0.15) is 5.56 Å². The first-order valence-electron chi connectivity index (χ1n) is 7.12. The summed E-state index contributed by atoms with van der Waals surface area (Å²) < 4.78 is 5.14. The third kappa shape index (κ3) is 5.17. The van der Waals surface area contributed by atoms with Crippen LogP contribution in [0.5, 0.6) is 5.75 Å². The highest BCUT2D eigenvalue weighted by Crippen LogP contribution is 2.12. The second kappa shape index (κ2) is 8.14. The first-order valence-corrected chi connectivity index (χ1v) is 7.12. The van der Waals surface area contributed by atoms with Gasteiger partial charge in [-0.25, -0.2) is 0 Å². The van der Waals surface area contributed by atoms with Gasteiger partial charge in [-0.05, 0) is 31.8 Å². The molecule has 0 aliphatic rings. The third-order valence-electron chi connectivity index (χ3n) is 3.03. The molecule has 118 valence electrons. The van der Waals surface area contributed by atoms with E-state index in [-0.39, 0.29) is 0 Å². The summed E-state index contributed by atoms with van der Waals surface area (Å²) in [4.78, 5) is 6.47. The van der Waals surface area contributed by atoms with E-state index in [4.69, 9.17) is 4.74 Å². The minimum Gasteiger partial charge on any atom is -0.497 e. The van der Waals surface area contributed by atoms with Crippen molar-refractivity contribution < 1.29 is 4.74 Å². The van der Waals surface area contributed by atoms with Crippen LogP contribution in [0, 0.1) is 0 Å². The van der Waals surface area contributed by atoms with Gasteiger partial charge in [0.1, 0.15) is 5.75 Å². The zero-order valence-electron chi connectivity index (χ0n) is 13.2. The Hall–Kier alpha value is -2.41. The molecule has 0 unspecified atom stereocenters. The molecule has 2 rings (SSSR count). The summed E-state index contributed by atoms with van der Waals surface area (Å²) in [5.74, 6) is 2.07. The van der Waals surface area contributed by atoms with Gasteiger partial charge in [-0.15, -0.1) is 5.10 Å². The van der Waals surface area contributed by atoms with Gasteiger partial charge >= 0.3 is 0 Å². The molecular formula is C15H22N6O. The van der Waals surface area contributed by atoms with Crippen LogP contribution in [0.2, 0.25) is 0 Å². The van der Waals surface area contributed by atoms with Gasteiger partial charge in [-0.2, -0.15) is 10.1 Å². The average molecular weight is 302 g/mol. The first-order chi connectivity index (χ1) is 10.7. The van der Waals surface area contributed by atoms with E-state index < -0.39 is 0 Å². The maximum atomic E-state index is 5.14. The van der Waals surface area contributed by atoms with Crippen LogP contribution in [-0.2, 0) is 6.54 Å². The molecule has 0 aliphatic heterocycles. The fraction of sp³-hybridized carbons (Fsp3) is 0.400. The molecule has 0 fully saturated rings. The number of benzene rings is 1. The summed E-state index contributed by atoms with van der Waals surface area (Å²) in [7, 11) is 5.70. The van der Waals surface area contributed by atoms with E-state index in [0.29, 0.717) is 18.3 Å². The number of anilines is 2. The predicted octanol–water partition coefficient (Wildman–Crippen LogP) is 1.47. The first kappa shape index (κ1) is 16.0. The van der Waals surface area contributed by atoms with Crippen LogP contribution in [0.3, 0.4) is 0 Å². The molecule has 0 amide bonds. The third-order valence-corrected chi connectivity index (χ3v) is 3.03. The van der Waals surface area contributed by atoms with E-state index in [1.165, 1.54) is 0 Å². The van der Waals surface area contributed by atoms with Crippen LogP contribution in [0.4, 0.5) is 11.8 Å². The second-order valence-electron chi connectivity index (χ2n) is 5.10. The molecule has 0 bridgehead atoms. The maximum Gasteiger partial charge on any atom is 0.244 e. The SMILES string of the molecule is COc1ccc(CNc2cnnc(NCCN(C)C)n2)cc1. The molecular weight excluding hydrogens is 280 g/mol. The number of hydrogen-bond donors (Lipinski definition) is 2. The van der Waals surface area contributed by atoms with Crippen molar-refractivity contribution in [2.75, 3.05) is 44.9 Å². The van der Waals surface area contributed by atoms with Crippen LogP contribution < -0.4 is 15.4 Å². The number of nitrogens with one attached hydrogen (secondary N) is 2. The van der Waals surface area contributed by atoms with Gasteiger partial charge in [-0.1, -0.05) is 12.1 Å². The molecule has 7 nitrogen and oxygen atoms in total. The largest absolute Gasteiger partial charge is 0.497 e. The molecule has 22 heavy (non-hydrogen) atoms. The monoisotopic (exact) mass is 302 g/mol. The standard InChI is InChI=1S/C15H22N6O/c1-21(2)9-8-16-15-19-14(11-18-20-15)17-10-12-4-6-13(22-3)7-5-12/h4-7,11H,8-10H2,1-3H3,(H2,16,17,19,20). The average Bonchev–Trinajstić information content (AvgIpc) is 2.53. The Morgan fingerprint density at radius 1 is 1.14 bits per heavy atom. The fourth-order valence-corrected chi connectivity index (χ4v) is 1.79. The van der Waals surface area contributed by atoms with Gasteiger partial charge in [0.2, 0.25) is 5.95 Å². The van der Waals surface area contributed by atoms with Crippen molar-refractivity contribution in [3.8, 4) is 5.75 Å². The van der Waals surface area contributed by atoms with Crippen molar-refractivity contribution in [2.24, 2.45) is 0 Å². The zero-order chi connectivity index (χ0) is 15.8. The summed E-state index contributed by atoms with van der Waals surface area (Å²) in [5.41, 5.74) is 1.14. The van der Waals surface area contributed by atoms with Gasteiger partial charge in [0.15, 0.2) is 5.82 Å². The molecule has 0 saturated carbocycles. The number of aromatic nitrogens is 3. The van der Waals surface area contributed by atoms with Crippen LogP contribution >= 0.6 is 0 Å². The highest BCUT2D eigenvalue weighted by atomic mass is 16.5. The molecule has 0 atom stereocenters. The quantitative estimate of drug-likeness (QED) is 0.764. The Morgan fingerprint density at radius 3 is 2.59 bits per heavy atom. The molecule has 0 spiro atoms. The molecule has 0 aliphatic carbocycles. The van der Waals surface area contributed by atoms with E-state index in [1.807, 2.05) is 38.4 Å². The Labute approximate surface area is 130 Å². The molecule has 0 radical (unpaired) electrons. The highest BCUT2D eigenvalue weighted by Gasteiger charge is 2.01. The number of rotatable bonds is 8. The summed E-state index contributed by atoms with van der Waals surface area (Å²) in [6.45, 7) is 2.35. The second-order valence-corrected chi connectivity index (χ2v) is 5.10. The van der Waals surface area contributed by atoms with Crippen molar-refractivity contribution in [1.82, 2.24) is 20.1 Å². The van der Waals surface area contributed by atoms with Crippen LogP contribution in [0.15, 0.2) is 30.5 Å². The van der Waals surface area contributed by atoms with Crippen LogP contribution in [0.25, 0.3) is 0 Å². The molecule has 1 aromatic carbocycles. The summed E-state index contributed by atoms with van der Waals surface area (Å²) in [5, 5.41) is 14.3. The van der Waals surface area contributed by atoms with Crippen molar-refractivity contribution >= 4 is 11.8 Å². The molecule has 1 heterocycles. The Balaban J connectivity index is 1.86. The lowest BCUT2D eigenvalue weighted by atomic mass is 10.2. The summed E-state index contributed by atoms with van der Waals surface area (Å²) in [6.07, 6.45) is 1.61. The number of ether oxygens (including phenoxy) is 1. The lowest BCUT2D eigenvalue weighted by Crippen LogP contribution is -2.21. The molecule has 7 heteroatoms. The van der Waals surface area contributed by atoms with Gasteiger partial charge in [0.05, 0.1) is 13.3 Å². The van der Waals surface area contributed by atoms with Crippen molar-refractivity contribution in [2.45, 2.75) is 6.54 Å². The minimum atomic E-state index is 0.529. The van der Waals surface area contributed by atoms with Crippen molar-refractivity contribution in [1.29, 1.82) is 0 Å². The predicted molar refractivity (Wildman–Crippen MR) is 87.2 cm³/mol. The number of nitrogens with zero attached hydrogens (tertiary/aromatic N) is 4. The van der Waals surface area contributed by atoms with E-state index in [1.54, 1.807) is 13.3 Å². The Morgan fingerprint density at radius 2 is 1.91 bits per heavy atom. The lowest BCUT2D eigenvalue weighted by Gasteiger charge is -2.11. The molecule has 2 aromatic rings. The molecule has 2 N–H and O–H groups in total. The van der Waals surface area contributed by atoms with Crippen molar-refractivity contribution in [3.63, 3.8) is 0 Å².